The molecule has 3 rings (SSSR count). The summed E-state index contributed by atoms with van der Waals surface area (Å²) in [4.78, 5) is 12.6. The third-order valence-corrected chi connectivity index (χ3v) is 4.82. The standard InChI is InChI=1S/C23H23N3O2/c1-16-12-20(18(3)26(16)15-22-10-7-11-28-22)13-21(14-24)23(27)25-17(2)19-8-5-4-6-9-19/h4-13,17H,15H2,1-3H3,(H,25,27)/b21-13+/t17-/m0/s1. The molecule has 1 aromatic carbocycles. The predicted octanol–water partition coefficient (Wildman–Crippen LogP) is 4.53. The van der Waals surface area contributed by atoms with Crippen molar-refractivity contribution in [1.82, 2.24) is 9.88 Å². The molecule has 0 spiro atoms. The number of nitrogens with zero attached hydrogens (tertiary/aromatic N) is 2. The van der Waals surface area contributed by atoms with Crippen LogP contribution in [-0.4, -0.2) is 10.5 Å². The van der Waals surface area contributed by atoms with Gasteiger partial charge in [-0.05, 0) is 56.2 Å². The van der Waals surface area contributed by atoms with Gasteiger partial charge in [-0.1, -0.05) is 30.3 Å². The van der Waals surface area contributed by atoms with E-state index in [0.717, 1.165) is 28.3 Å². The zero-order valence-electron chi connectivity index (χ0n) is 16.3. The summed E-state index contributed by atoms with van der Waals surface area (Å²) in [5.74, 6) is 0.474. The molecule has 0 aliphatic rings. The van der Waals surface area contributed by atoms with E-state index in [-0.39, 0.29) is 17.5 Å². The smallest absolute Gasteiger partial charge is 0.262 e. The van der Waals surface area contributed by atoms with E-state index in [1.807, 2.05) is 75.4 Å². The molecule has 0 bridgehead atoms. The van der Waals surface area contributed by atoms with E-state index >= 15 is 0 Å². The molecule has 0 unspecified atom stereocenters. The van der Waals surface area contributed by atoms with Crippen molar-refractivity contribution in [2.24, 2.45) is 0 Å². The molecule has 0 aliphatic heterocycles. The van der Waals surface area contributed by atoms with Crippen molar-refractivity contribution in [2.75, 3.05) is 0 Å². The molecule has 142 valence electrons. The van der Waals surface area contributed by atoms with Crippen LogP contribution in [0.5, 0.6) is 0 Å². The Hall–Kier alpha value is -3.52. The highest BCUT2D eigenvalue weighted by molar-refractivity contribution is 6.02. The van der Waals surface area contributed by atoms with Crippen LogP contribution in [0.1, 0.15) is 41.2 Å². The molecule has 1 amide bonds. The number of carbonyl (C=O) groups is 1. The lowest BCUT2D eigenvalue weighted by molar-refractivity contribution is -0.117. The number of aryl methyl sites for hydroxylation is 1. The molecule has 28 heavy (non-hydrogen) atoms. The first kappa shape index (κ1) is 19.2. The van der Waals surface area contributed by atoms with Gasteiger partial charge in [-0.25, -0.2) is 0 Å². The van der Waals surface area contributed by atoms with Gasteiger partial charge in [0.25, 0.3) is 5.91 Å². The van der Waals surface area contributed by atoms with Crippen LogP contribution in [-0.2, 0) is 11.3 Å². The Morgan fingerprint density at radius 1 is 1.25 bits per heavy atom. The molecule has 5 heteroatoms. The largest absolute Gasteiger partial charge is 0.467 e. The minimum atomic E-state index is -0.380. The number of amides is 1. The van der Waals surface area contributed by atoms with Crippen LogP contribution in [0.2, 0.25) is 0 Å². The lowest BCUT2D eigenvalue weighted by Crippen LogP contribution is -2.27. The highest BCUT2D eigenvalue weighted by atomic mass is 16.3. The number of furan rings is 1. The maximum Gasteiger partial charge on any atom is 0.262 e. The Bertz CT molecular complexity index is 1020. The second-order valence-electron chi connectivity index (χ2n) is 6.77. The molecule has 0 saturated carbocycles. The molecule has 1 N–H and O–H groups in total. The predicted molar refractivity (Wildman–Crippen MR) is 108 cm³/mol. The summed E-state index contributed by atoms with van der Waals surface area (Å²) in [5, 5.41) is 12.4. The Kier molecular flexibility index (Phi) is 5.81. The van der Waals surface area contributed by atoms with Crippen molar-refractivity contribution in [1.29, 1.82) is 5.26 Å². The first-order valence-electron chi connectivity index (χ1n) is 9.16. The van der Waals surface area contributed by atoms with Gasteiger partial charge in [-0.15, -0.1) is 0 Å². The minimum Gasteiger partial charge on any atom is -0.467 e. The van der Waals surface area contributed by atoms with Crippen molar-refractivity contribution in [3.63, 3.8) is 0 Å². The van der Waals surface area contributed by atoms with E-state index in [1.165, 1.54) is 0 Å². The van der Waals surface area contributed by atoms with Crippen LogP contribution in [0.4, 0.5) is 0 Å². The van der Waals surface area contributed by atoms with E-state index in [2.05, 4.69) is 9.88 Å². The molecule has 2 aromatic heterocycles. The summed E-state index contributed by atoms with van der Waals surface area (Å²) in [6.07, 6.45) is 3.30. The maximum absolute atomic E-state index is 12.6. The third kappa shape index (κ3) is 4.24. The lowest BCUT2D eigenvalue weighted by Gasteiger charge is -2.13. The summed E-state index contributed by atoms with van der Waals surface area (Å²) in [7, 11) is 0. The van der Waals surface area contributed by atoms with Gasteiger partial charge >= 0.3 is 0 Å². The van der Waals surface area contributed by atoms with E-state index in [1.54, 1.807) is 12.3 Å². The second kappa shape index (κ2) is 8.45. The highest BCUT2D eigenvalue weighted by Gasteiger charge is 2.16. The van der Waals surface area contributed by atoms with E-state index in [9.17, 15) is 10.1 Å². The number of nitrogens with one attached hydrogen (secondary N) is 1. The summed E-state index contributed by atoms with van der Waals surface area (Å²) < 4.78 is 7.53. The van der Waals surface area contributed by atoms with Gasteiger partial charge in [0, 0.05) is 11.4 Å². The van der Waals surface area contributed by atoms with Gasteiger partial charge in [-0.2, -0.15) is 5.26 Å². The Morgan fingerprint density at radius 3 is 2.64 bits per heavy atom. The number of rotatable bonds is 6. The molecule has 0 fully saturated rings. The summed E-state index contributed by atoms with van der Waals surface area (Å²) in [6, 6.07) is 17.3. The molecule has 5 nitrogen and oxygen atoms in total. The van der Waals surface area contributed by atoms with E-state index < -0.39 is 0 Å². The van der Waals surface area contributed by atoms with Crippen LogP contribution < -0.4 is 5.32 Å². The van der Waals surface area contributed by atoms with Crippen LogP contribution >= 0.6 is 0 Å². The number of hydrogen-bond acceptors (Lipinski definition) is 3. The third-order valence-electron chi connectivity index (χ3n) is 4.82. The van der Waals surface area contributed by atoms with Gasteiger partial charge in [0.2, 0.25) is 0 Å². The van der Waals surface area contributed by atoms with Crippen LogP contribution in [0.3, 0.4) is 0 Å². The number of benzene rings is 1. The average Bonchev–Trinajstić information content (AvgIpc) is 3.30. The quantitative estimate of drug-likeness (QED) is 0.510. The number of nitriles is 1. The summed E-state index contributed by atoms with van der Waals surface area (Å²) in [6.45, 7) is 6.48. The summed E-state index contributed by atoms with van der Waals surface area (Å²) >= 11 is 0. The number of aromatic nitrogens is 1. The monoisotopic (exact) mass is 373 g/mol. The van der Waals surface area contributed by atoms with Gasteiger partial charge in [0.1, 0.15) is 17.4 Å². The SMILES string of the molecule is Cc1cc(/C=C(\C#N)C(=O)N[C@@H](C)c2ccccc2)c(C)n1Cc1ccco1. The molecule has 2 heterocycles. The van der Waals surface area contributed by atoms with E-state index in [4.69, 9.17) is 4.42 Å². The van der Waals surface area contributed by atoms with Crippen molar-refractivity contribution >= 4 is 12.0 Å². The van der Waals surface area contributed by atoms with E-state index in [0.29, 0.717) is 6.54 Å². The number of hydrogen-bond donors (Lipinski definition) is 1. The average molecular weight is 373 g/mol. The zero-order chi connectivity index (χ0) is 20.1. The summed E-state index contributed by atoms with van der Waals surface area (Å²) in [5.41, 5.74) is 3.94. The van der Waals surface area contributed by atoms with Gasteiger partial charge < -0.3 is 14.3 Å². The molecular formula is C23H23N3O2. The first-order valence-corrected chi connectivity index (χ1v) is 9.16. The fourth-order valence-electron chi connectivity index (χ4n) is 3.18. The molecule has 0 radical (unpaired) electrons. The number of carbonyl (C=O) groups excluding carboxylic acids is 1. The minimum absolute atomic E-state index is 0.0843. The van der Waals surface area contributed by atoms with Crippen molar-refractivity contribution in [3.05, 3.63) is 88.6 Å². The van der Waals surface area contributed by atoms with Crippen molar-refractivity contribution in [3.8, 4) is 6.07 Å². The normalized spacial score (nSPS) is 12.4. The van der Waals surface area contributed by atoms with Crippen LogP contribution in [0.15, 0.2) is 64.8 Å². The molecule has 0 saturated heterocycles. The van der Waals surface area contributed by atoms with Crippen molar-refractivity contribution < 1.29 is 9.21 Å². The lowest BCUT2D eigenvalue weighted by atomic mass is 10.1. The Balaban J connectivity index is 1.80. The topological polar surface area (TPSA) is 71.0 Å². The Labute approximate surface area is 164 Å². The molecular weight excluding hydrogens is 350 g/mol. The fraction of sp³-hybridized carbons (Fsp3) is 0.217. The molecule has 0 aliphatic carbocycles. The Morgan fingerprint density at radius 2 is 2.00 bits per heavy atom. The van der Waals surface area contributed by atoms with Gasteiger partial charge in [0.15, 0.2) is 0 Å². The molecule has 3 aromatic rings. The first-order chi connectivity index (χ1) is 13.5. The zero-order valence-corrected chi connectivity index (χ0v) is 16.3. The van der Waals surface area contributed by atoms with Crippen LogP contribution in [0.25, 0.3) is 6.08 Å². The fourth-order valence-corrected chi connectivity index (χ4v) is 3.18. The second-order valence-corrected chi connectivity index (χ2v) is 6.77. The van der Waals surface area contributed by atoms with Gasteiger partial charge in [0.05, 0.1) is 18.8 Å². The van der Waals surface area contributed by atoms with Crippen LogP contribution in [0, 0.1) is 25.2 Å². The van der Waals surface area contributed by atoms with Gasteiger partial charge in [-0.3, -0.25) is 4.79 Å². The highest BCUT2D eigenvalue weighted by Crippen LogP contribution is 2.20. The van der Waals surface area contributed by atoms with Crippen molar-refractivity contribution in [2.45, 2.75) is 33.4 Å². The molecule has 1 atom stereocenters. The maximum atomic E-state index is 12.6.